The Hall–Kier alpha value is -2.47. The highest BCUT2D eigenvalue weighted by atomic mass is 35.5. The van der Waals surface area contributed by atoms with Gasteiger partial charge in [0.05, 0.1) is 22.2 Å². The lowest BCUT2D eigenvalue weighted by atomic mass is 10.1. The van der Waals surface area contributed by atoms with Crippen molar-refractivity contribution in [2.75, 3.05) is 5.32 Å². The van der Waals surface area contributed by atoms with Crippen molar-refractivity contribution in [3.63, 3.8) is 0 Å². The number of fused-ring (bicyclic) bond motifs is 1. The number of carbonyl (C=O) groups is 1. The molecule has 0 bridgehead atoms. The van der Waals surface area contributed by atoms with Gasteiger partial charge in [0.25, 0.3) is 5.91 Å². The predicted molar refractivity (Wildman–Crippen MR) is 99.3 cm³/mol. The second-order valence-electron chi connectivity index (χ2n) is 6.87. The molecular formula is C19H18ClFN4O. The number of carbonyl (C=O) groups excluding carboxylic acids is 1. The number of nitrogens with zero attached hydrogens (tertiary/aromatic N) is 3. The lowest BCUT2D eigenvalue weighted by Crippen LogP contribution is -2.14. The van der Waals surface area contributed by atoms with Crippen LogP contribution in [-0.2, 0) is 0 Å². The Morgan fingerprint density at radius 2 is 2.12 bits per heavy atom. The van der Waals surface area contributed by atoms with E-state index in [0.717, 1.165) is 18.5 Å². The maximum atomic E-state index is 13.3. The van der Waals surface area contributed by atoms with E-state index in [1.54, 1.807) is 6.20 Å². The van der Waals surface area contributed by atoms with Crippen molar-refractivity contribution >= 4 is 34.2 Å². The molecule has 3 aromatic rings. The number of rotatable bonds is 4. The first-order valence-corrected chi connectivity index (χ1v) is 8.96. The average molecular weight is 373 g/mol. The molecule has 1 aliphatic carbocycles. The number of benzene rings is 1. The van der Waals surface area contributed by atoms with E-state index in [1.807, 2.05) is 24.6 Å². The van der Waals surface area contributed by atoms with E-state index in [4.69, 9.17) is 16.6 Å². The van der Waals surface area contributed by atoms with Gasteiger partial charge < -0.3 is 5.32 Å². The summed E-state index contributed by atoms with van der Waals surface area (Å²) in [7, 11) is 0. The summed E-state index contributed by atoms with van der Waals surface area (Å²) in [4.78, 5) is 17.6. The van der Waals surface area contributed by atoms with Crippen LogP contribution in [0.3, 0.4) is 0 Å². The first kappa shape index (κ1) is 17.0. The van der Waals surface area contributed by atoms with E-state index in [-0.39, 0.29) is 17.0 Å². The van der Waals surface area contributed by atoms with Crippen LogP contribution in [0.1, 0.15) is 54.7 Å². The lowest BCUT2D eigenvalue weighted by Gasteiger charge is -2.11. The number of halogens is 2. The minimum Gasteiger partial charge on any atom is -0.322 e. The Morgan fingerprint density at radius 1 is 1.35 bits per heavy atom. The van der Waals surface area contributed by atoms with Crippen molar-refractivity contribution in [2.45, 2.75) is 38.6 Å². The molecule has 0 unspecified atom stereocenters. The average Bonchev–Trinajstić information content (AvgIpc) is 3.36. The van der Waals surface area contributed by atoms with Gasteiger partial charge in [-0.3, -0.25) is 4.79 Å². The highest BCUT2D eigenvalue weighted by Gasteiger charge is 2.28. The van der Waals surface area contributed by atoms with Crippen LogP contribution in [0.2, 0.25) is 5.02 Å². The Balaban J connectivity index is 1.76. The zero-order valence-corrected chi connectivity index (χ0v) is 15.2. The third kappa shape index (κ3) is 3.05. The van der Waals surface area contributed by atoms with Crippen molar-refractivity contribution in [3.8, 4) is 0 Å². The zero-order chi connectivity index (χ0) is 18.4. The van der Waals surface area contributed by atoms with Crippen LogP contribution in [0, 0.1) is 5.82 Å². The zero-order valence-electron chi connectivity index (χ0n) is 14.5. The van der Waals surface area contributed by atoms with Gasteiger partial charge in [-0.1, -0.05) is 11.6 Å². The van der Waals surface area contributed by atoms with Crippen molar-refractivity contribution in [2.24, 2.45) is 0 Å². The molecule has 0 spiro atoms. The molecule has 134 valence electrons. The summed E-state index contributed by atoms with van der Waals surface area (Å²) < 4.78 is 15.2. The van der Waals surface area contributed by atoms with Crippen molar-refractivity contribution in [1.29, 1.82) is 0 Å². The van der Waals surface area contributed by atoms with Gasteiger partial charge >= 0.3 is 0 Å². The number of pyridine rings is 1. The molecule has 0 radical (unpaired) electrons. The van der Waals surface area contributed by atoms with E-state index in [9.17, 15) is 9.18 Å². The third-order valence-electron chi connectivity index (χ3n) is 4.49. The number of nitrogens with one attached hydrogen (secondary N) is 1. The maximum Gasteiger partial charge on any atom is 0.256 e. The fourth-order valence-corrected chi connectivity index (χ4v) is 3.14. The highest BCUT2D eigenvalue weighted by Crippen LogP contribution is 2.40. The minimum atomic E-state index is -0.523. The van der Waals surface area contributed by atoms with E-state index >= 15 is 0 Å². The number of anilines is 1. The van der Waals surface area contributed by atoms with E-state index in [0.29, 0.717) is 28.2 Å². The Bertz CT molecular complexity index is 1010. The topological polar surface area (TPSA) is 59.8 Å². The smallest absolute Gasteiger partial charge is 0.256 e. The molecule has 1 saturated carbocycles. The molecule has 5 nitrogen and oxygen atoms in total. The van der Waals surface area contributed by atoms with Crippen LogP contribution < -0.4 is 5.32 Å². The van der Waals surface area contributed by atoms with Gasteiger partial charge in [0, 0.05) is 23.3 Å². The summed E-state index contributed by atoms with van der Waals surface area (Å²) in [6.45, 7) is 4.05. The first-order chi connectivity index (χ1) is 12.4. The van der Waals surface area contributed by atoms with Crippen LogP contribution >= 0.6 is 11.6 Å². The monoisotopic (exact) mass is 372 g/mol. The number of hydrogen-bond donors (Lipinski definition) is 1. The molecule has 0 saturated heterocycles. The molecule has 0 atom stereocenters. The maximum absolute atomic E-state index is 13.3. The number of hydrogen-bond acceptors (Lipinski definition) is 3. The third-order valence-corrected chi connectivity index (χ3v) is 4.78. The molecule has 1 fully saturated rings. The van der Waals surface area contributed by atoms with E-state index < -0.39 is 5.82 Å². The van der Waals surface area contributed by atoms with E-state index in [2.05, 4.69) is 10.4 Å². The van der Waals surface area contributed by atoms with Crippen LogP contribution in [0.15, 0.2) is 30.5 Å². The van der Waals surface area contributed by atoms with Gasteiger partial charge in [-0.05, 0) is 51.0 Å². The Kier molecular flexibility index (Phi) is 4.15. The first-order valence-electron chi connectivity index (χ1n) is 8.58. The minimum absolute atomic E-state index is 0.0334. The van der Waals surface area contributed by atoms with E-state index in [1.165, 1.54) is 18.2 Å². The molecule has 1 aliphatic rings. The molecule has 1 N–H and O–H groups in total. The van der Waals surface area contributed by atoms with Crippen LogP contribution in [-0.4, -0.2) is 20.7 Å². The largest absolute Gasteiger partial charge is 0.322 e. The van der Waals surface area contributed by atoms with Gasteiger partial charge in [-0.25, -0.2) is 14.1 Å². The number of aromatic nitrogens is 3. The molecule has 7 heteroatoms. The normalized spacial score (nSPS) is 14.2. The Morgan fingerprint density at radius 3 is 2.77 bits per heavy atom. The fraction of sp³-hybridized carbons (Fsp3) is 0.316. The summed E-state index contributed by atoms with van der Waals surface area (Å²) in [5.41, 5.74) is 2.59. The van der Waals surface area contributed by atoms with Gasteiger partial charge in [-0.15, -0.1) is 0 Å². The second-order valence-corrected chi connectivity index (χ2v) is 7.28. The summed E-state index contributed by atoms with van der Waals surface area (Å²) in [5, 5.41) is 7.85. The summed E-state index contributed by atoms with van der Waals surface area (Å²) in [6, 6.07) is 6.09. The molecule has 2 heterocycles. The van der Waals surface area contributed by atoms with Crippen LogP contribution in [0.5, 0.6) is 0 Å². The van der Waals surface area contributed by atoms with Crippen LogP contribution in [0.25, 0.3) is 11.0 Å². The van der Waals surface area contributed by atoms with Gasteiger partial charge in [-0.2, -0.15) is 5.10 Å². The molecule has 26 heavy (non-hydrogen) atoms. The number of amides is 1. The predicted octanol–water partition coefficient (Wildman–Crippen LogP) is 4.93. The molecule has 0 aliphatic heterocycles. The Labute approximate surface area is 155 Å². The fourth-order valence-electron chi connectivity index (χ4n) is 2.96. The SMILES string of the molecule is CC(C)n1ncc2c(C(=O)Nc3ccc(F)c(Cl)c3)cc(C3CC3)nc21. The van der Waals surface area contributed by atoms with Gasteiger partial charge in [0.1, 0.15) is 5.82 Å². The molecular weight excluding hydrogens is 355 g/mol. The quantitative estimate of drug-likeness (QED) is 0.706. The molecule has 1 amide bonds. The van der Waals surface area contributed by atoms with Crippen molar-refractivity contribution in [3.05, 3.63) is 52.6 Å². The summed E-state index contributed by atoms with van der Waals surface area (Å²) in [6.07, 6.45) is 3.84. The molecule has 1 aromatic carbocycles. The highest BCUT2D eigenvalue weighted by molar-refractivity contribution is 6.31. The summed E-state index contributed by atoms with van der Waals surface area (Å²) >= 11 is 5.80. The van der Waals surface area contributed by atoms with Crippen LogP contribution in [0.4, 0.5) is 10.1 Å². The van der Waals surface area contributed by atoms with Gasteiger partial charge in [0.15, 0.2) is 5.65 Å². The van der Waals surface area contributed by atoms with Crippen molar-refractivity contribution in [1.82, 2.24) is 14.8 Å². The second kappa shape index (κ2) is 6.36. The lowest BCUT2D eigenvalue weighted by molar-refractivity contribution is 0.102. The van der Waals surface area contributed by atoms with Crippen molar-refractivity contribution < 1.29 is 9.18 Å². The standard InChI is InChI=1S/C19H18ClFN4O/c1-10(2)25-18-14(9-22-25)13(8-17(24-18)11-3-4-11)19(26)23-12-5-6-16(21)15(20)7-12/h5-11H,3-4H2,1-2H3,(H,23,26). The summed E-state index contributed by atoms with van der Waals surface area (Å²) in [5.74, 6) is -0.405. The molecule has 2 aromatic heterocycles. The molecule has 4 rings (SSSR count). The van der Waals surface area contributed by atoms with Gasteiger partial charge in [0.2, 0.25) is 0 Å².